The number of urea groups is 1. The number of primary amides is 1. The molecule has 1 atom stereocenters. The minimum absolute atomic E-state index is 0.0982. The summed E-state index contributed by atoms with van der Waals surface area (Å²) in [6.07, 6.45) is 3.43. The van der Waals surface area contributed by atoms with Gasteiger partial charge >= 0.3 is 12.0 Å². The number of nitrogens with one attached hydrogen (secondary N) is 1. The Morgan fingerprint density at radius 1 is 1.33 bits per heavy atom. The first-order valence-electron chi connectivity index (χ1n) is 7.17. The molecule has 0 radical (unpaired) electrons. The lowest BCUT2D eigenvalue weighted by Gasteiger charge is -2.38. The fourth-order valence-corrected chi connectivity index (χ4v) is 2.59. The normalized spacial score (nSPS) is 19.6. The molecule has 0 aromatic rings. The third-order valence-corrected chi connectivity index (χ3v) is 4.18. The molecule has 0 heterocycles. The van der Waals surface area contributed by atoms with Crippen molar-refractivity contribution in [3.8, 4) is 0 Å². The molecule has 21 heavy (non-hydrogen) atoms. The van der Waals surface area contributed by atoms with E-state index in [9.17, 15) is 14.4 Å². The number of carbonyl (C=O) groups excluding carboxylic acids is 2. The number of carboxylic acids is 1. The number of nitrogens with two attached hydrogens (primary N) is 1. The van der Waals surface area contributed by atoms with Gasteiger partial charge in [0, 0.05) is 13.1 Å². The minimum Gasteiger partial charge on any atom is -0.480 e. The second-order valence-corrected chi connectivity index (χ2v) is 6.52. The quantitative estimate of drug-likeness (QED) is 0.700. The Morgan fingerprint density at radius 2 is 1.86 bits per heavy atom. The van der Waals surface area contributed by atoms with Crippen LogP contribution in [0.4, 0.5) is 4.79 Å². The van der Waals surface area contributed by atoms with E-state index < -0.39 is 30.4 Å². The first-order chi connectivity index (χ1) is 9.62. The lowest BCUT2D eigenvalue weighted by atomic mass is 9.75. The molecule has 7 nitrogen and oxygen atoms in total. The molecule has 0 aromatic carbocycles. The van der Waals surface area contributed by atoms with E-state index >= 15 is 0 Å². The van der Waals surface area contributed by atoms with Crippen LogP contribution < -0.4 is 11.1 Å². The van der Waals surface area contributed by atoms with Gasteiger partial charge < -0.3 is 21.1 Å². The minimum atomic E-state index is -1.28. The van der Waals surface area contributed by atoms with Gasteiger partial charge in [-0.2, -0.15) is 0 Å². The predicted molar refractivity (Wildman–Crippen MR) is 77.6 cm³/mol. The van der Waals surface area contributed by atoms with Crippen molar-refractivity contribution in [2.75, 3.05) is 7.05 Å². The zero-order chi connectivity index (χ0) is 16.2. The molecule has 1 rings (SSSR count). The molecule has 3 amide bonds. The van der Waals surface area contributed by atoms with Crippen molar-refractivity contribution < 1.29 is 19.5 Å². The Morgan fingerprint density at radius 3 is 2.29 bits per heavy atom. The Balaban J connectivity index is 2.57. The van der Waals surface area contributed by atoms with E-state index in [1.165, 1.54) is 4.90 Å². The number of hydrogen-bond acceptors (Lipinski definition) is 3. The van der Waals surface area contributed by atoms with E-state index in [0.717, 1.165) is 25.7 Å². The molecule has 0 bridgehead atoms. The molecule has 4 N–H and O–H groups in total. The summed E-state index contributed by atoms with van der Waals surface area (Å²) in [6.45, 7) is 4.41. The smallest absolute Gasteiger partial charge is 0.326 e. The van der Waals surface area contributed by atoms with Gasteiger partial charge in [-0.05, 0) is 31.1 Å². The highest BCUT2D eigenvalue weighted by Gasteiger charge is 2.32. The van der Waals surface area contributed by atoms with Crippen molar-refractivity contribution in [1.82, 2.24) is 10.2 Å². The summed E-state index contributed by atoms with van der Waals surface area (Å²) in [4.78, 5) is 35.5. The van der Waals surface area contributed by atoms with Crippen LogP contribution in [0.15, 0.2) is 0 Å². The van der Waals surface area contributed by atoms with Crippen molar-refractivity contribution >= 4 is 17.9 Å². The maximum absolute atomic E-state index is 12.1. The van der Waals surface area contributed by atoms with Crippen LogP contribution in [0.3, 0.4) is 0 Å². The number of rotatable bonds is 5. The van der Waals surface area contributed by atoms with Crippen molar-refractivity contribution in [3.63, 3.8) is 0 Å². The molecule has 0 aromatic heterocycles. The molecule has 0 aliphatic heterocycles. The zero-order valence-electron chi connectivity index (χ0n) is 12.9. The highest BCUT2D eigenvalue weighted by Crippen LogP contribution is 2.36. The highest BCUT2D eigenvalue weighted by molar-refractivity contribution is 5.87. The Kier molecular flexibility index (Phi) is 5.57. The molecule has 1 fully saturated rings. The highest BCUT2D eigenvalue weighted by atomic mass is 16.4. The van der Waals surface area contributed by atoms with Crippen LogP contribution in [-0.2, 0) is 9.59 Å². The molecule has 7 heteroatoms. The summed E-state index contributed by atoms with van der Waals surface area (Å²) >= 11 is 0. The van der Waals surface area contributed by atoms with Crippen LogP contribution in [0.1, 0.15) is 46.0 Å². The molecule has 0 saturated heterocycles. The monoisotopic (exact) mass is 299 g/mol. The number of hydrogen-bond donors (Lipinski definition) is 3. The molecule has 0 unspecified atom stereocenters. The summed E-state index contributed by atoms with van der Waals surface area (Å²) in [6, 6.07) is -1.66. The second kappa shape index (κ2) is 6.78. The third-order valence-electron chi connectivity index (χ3n) is 4.18. The lowest BCUT2D eigenvalue weighted by molar-refractivity contribution is -0.141. The number of carbonyl (C=O) groups is 3. The van der Waals surface area contributed by atoms with Crippen molar-refractivity contribution in [2.24, 2.45) is 11.1 Å². The third kappa shape index (κ3) is 5.24. The van der Waals surface area contributed by atoms with E-state index in [-0.39, 0.29) is 6.04 Å². The van der Waals surface area contributed by atoms with E-state index in [0.29, 0.717) is 5.41 Å². The second-order valence-electron chi connectivity index (χ2n) is 6.52. The van der Waals surface area contributed by atoms with Gasteiger partial charge in [-0.3, -0.25) is 4.79 Å². The standard InChI is InChI=1S/C14H25N3O4/c1-14(2)6-4-9(5-7-14)17(3)13(21)16-10(12(19)20)8-11(15)18/h9-10H,4-8H2,1-3H3,(H2,15,18)(H,16,21)(H,19,20)/t10-/m0/s1. The fourth-order valence-electron chi connectivity index (χ4n) is 2.59. The zero-order valence-corrected chi connectivity index (χ0v) is 12.9. The van der Waals surface area contributed by atoms with Gasteiger partial charge in [-0.25, -0.2) is 9.59 Å². The Labute approximate surface area is 124 Å². The number of aliphatic carboxylic acids is 1. The molecule has 120 valence electrons. The van der Waals surface area contributed by atoms with Crippen LogP contribution in [0.2, 0.25) is 0 Å². The van der Waals surface area contributed by atoms with Crippen LogP contribution in [0.5, 0.6) is 0 Å². The van der Waals surface area contributed by atoms with Crippen LogP contribution >= 0.6 is 0 Å². The van der Waals surface area contributed by atoms with Crippen LogP contribution in [-0.4, -0.2) is 47.0 Å². The van der Waals surface area contributed by atoms with Gasteiger partial charge in [-0.15, -0.1) is 0 Å². The van der Waals surface area contributed by atoms with Crippen molar-refractivity contribution in [1.29, 1.82) is 0 Å². The Bertz CT molecular complexity index is 412. The molecular formula is C14H25N3O4. The summed E-state index contributed by atoms with van der Waals surface area (Å²) in [7, 11) is 1.65. The van der Waals surface area contributed by atoms with Gasteiger partial charge in [0.2, 0.25) is 5.91 Å². The SMILES string of the molecule is CN(C(=O)N[C@@H](CC(N)=O)C(=O)O)C1CCC(C)(C)CC1. The van der Waals surface area contributed by atoms with Crippen LogP contribution in [0, 0.1) is 5.41 Å². The van der Waals surface area contributed by atoms with Gasteiger partial charge in [0.15, 0.2) is 0 Å². The molecule has 0 spiro atoms. The van der Waals surface area contributed by atoms with Gasteiger partial charge in [0.25, 0.3) is 0 Å². The molecule has 1 aliphatic rings. The largest absolute Gasteiger partial charge is 0.480 e. The topological polar surface area (TPSA) is 113 Å². The van der Waals surface area contributed by atoms with Gasteiger partial charge in [-0.1, -0.05) is 13.8 Å². The molecule has 1 aliphatic carbocycles. The maximum atomic E-state index is 12.1. The summed E-state index contributed by atoms with van der Waals surface area (Å²) in [5.74, 6) is -2.02. The maximum Gasteiger partial charge on any atom is 0.326 e. The van der Waals surface area contributed by atoms with E-state index in [1.807, 2.05) is 0 Å². The lowest BCUT2D eigenvalue weighted by Crippen LogP contribution is -2.51. The number of nitrogens with zero attached hydrogens (tertiary/aromatic N) is 1. The van der Waals surface area contributed by atoms with Gasteiger partial charge in [0.05, 0.1) is 6.42 Å². The number of carboxylic acid groups (broad SMARTS) is 1. The van der Waals surface area contributed by atoms with Crippen molar-refractivity contribution in [3.05, 3.63) is 0 Å². The summed E-state index contributed by atoms with van der Waals surface area (Å²) < 4.78 is 0. The summed E-state index contributed by atoms with van der Waals surface area (Å²) in [5, 5.41) is 11.3. The first kappa shape index (κ1) is 17.3. The average molecular weight is 299 g/mol. The predicted octanol–water partition coefficient (Wildman–Crippen LogP) is 0.925. The average Bonchev–Trinajstić information content (AvgIpc) is 2.36. The van der Waals surface area contributed by atoms with E-state index in [2.05, 4.69) is 19.2 Å². The van der Waals surface area contributed by atoms with Gasteiger partial charge in [0.1, 0.15) is 6.04 Å². The van der Waals surface area contributed by atoms with E-state index in [1.54, 1.807) is 7.05 Å². The van der Waals surface area contributed by atoms with Crippen molar-refractivity contribution in [2.45, 2.75) is 58.0 Å². The Hall–Kier alpha value is -1.79. The fraction of sp³-hybridized carbons (Fsp3) is 0.786. The molecular weight excluding hydrogens is 274 g/mol. The van der Waals surface area contributed by atoms with E-state index in [4.69, 9.17) is 10.8 Å². The summed E-state index contributed by atoms with van der Waals surface area (Å²) in [5.41, 5.74) is 5.28. The van der Waals surface area contributed by atoms with Crippen LogP contribution in [0.25, 0.3) is 0 Å². The first-order valence-corrected chi connectivity index (χ1v) is 7.17. The number of amides is 3. The molecule has 1 saturated carbocycles.